The molecule has 0 radical (unpaired) electrons. The number of carbonyl (C=O) groups is 1. The molecule has 1 fully saturated rings. The Bertz CT molecular complexity index is 1310. The minimum Gasteiger partial charge on any atom is -0.507 e. The van der Waals surface area contributed by atoms with E-state index in [-0.39, 0.29) is 22.4 Å². The van der Waals surface area contributed by atoms with E-state index in [1.165, 1.54) is 17.0 Å². The number of carbonyl (C=O) groups excluding carboxylic acids is 1. The van der Waals surface area contributed by atoms with Crippen molar-refractivity contribution in [3.63, 3.8) is 0 Å². The fourth-order valence-electron chi connectivity index (χ4n) is 4.57. The molecule has 1 aliphatic rings. The van der Waals surface area contributed by atoms with Crippen LogP contribution in [0.1, 0.15) is 13.8 Å². The van der Waals surface area contributed by atoms with Gasteiger partial charge in [0.05, 0.1) is 11.1 Å². The molecule has 1 aliphatic heterocycles. The van der Waals surface area contributed by atoms with E-state index >= 15 is 4.39 Å². The van der Waals surface area contributed by atoms with Crippen LogP contribution < -0.4 is 19.9 Å². The Morgan fingerprint density at radius 1 is 1.13 bits per heavy atom. The van der Waals surface area contributed by atoms with Crippen molar-refractivity contribution in [2.24, 2.45) is 0 Å². The van der Waals surface area contributed by atoms with Crippen LogP contribution in [0.4, 0.5) is 15.9 Å². The predicted molar refractivity (Wildman–Crippen MR) is 155 cm³/mol. The van der Waals surface area contributed by atoms with Gasteiger partial charge in [-0.05, 0) is 75.5 Å². The fraction of sp³-hybridized carbons (Fsp3) is 0.379. The van der Waals surface area contributed by atoms with E-state index in [0.29, 0.717) is 41.2 Å². The summed E-state index contributed by atoms with van der Waals surface area (Å²) < 4.78 is 21.1. The second-order valence-corrected chi connectivity index (χ2v) is 10.5. The van der Waals surface area contributed by atoms with Crippen LogP contribution in [0.15, 0.2) is 42.6 Å². The lowest BCUT2D eigenvalue weighted by molar-refractivity contribution is -0.107. The predicted octanol–water partition coefficient (Wildman–Crippen LogP) is 4.63. The number of phenolic OH excluding ortho intramolecular Hbond substituents is 1. The Hall–Kier alpha value is -3.40. The van der Waals surface area contributed by atoms with Gasteiger partial charge in [-0.3, -0.25) is 4.79 Å². The quantitative estimate of drug-likeness (QED) is 0.353. The first-order chi connectivity index (χ1) is 18.7. The molecular formula is C29H35ClFN5O3. The van der Waals surface area contributed by atoms with Crippen molar-refractivity contribution in [3.05, 3.63) is 53.4 Å². The molecule has 2 N–H and O–H groups in total. The molecule has 0 aliphatic carbocycles. The topological polar surface area (TPSA) is 81.2 Å². The second kappa shape index (κ2) is 12.6. The molecule has 39 heavy (non-hydrogen) atoms. The molecule has 8 nitrogen and oxygen atoms in total. The molecule has 0 saturated carbocycles. The highest BCUT2D eigenvalue weighted by Crippen LogP contribution is 2.45. The van der Waals surface area contributed by atoms with Crippen molar-refractivity contribution < 1.29 is 19.0 Å². The van der Waals surface area contributed by atoms with Crippen LogP contribution >= 0.6 is 11.6 Å². The summed E-state index contributed by atoms with van der Waals surface area (Å²) in [5.74, 6) is 0.540. The number of aromatic nitrogens is 1. The smallest absolute Gasteiger partial charge is 0.214 e. The van der Waals surface area contributed by atoms with Gasteiger partial charge in [-0.15, -0.1) is 0 Å². The van der Waals surface area contributed by atoms with Crippen molar-refractivity contribution in [2.45, 2.75) is 20.0 Å². The van der Waals surface area contributed by atoms with Gasteiger partial charge < -0.3 is 29.9 Å². The minimum atomic E-state index is -0.509. The average molecular weight is 556 g/mol. The molecule has 0 spiro atoms. The highest BCUT2D eigenvalue weighted by atomic mass is 35.5. The molecule has 1 saturated heterocycles. The largest absolute Gasteiger partial charge is 0.507 e. The van der Waals surface area contributed by atoms with Gasteiger partial charge in [-0.1, -0.05) is 11.6 Å². The molecule has 10 heteroatoms. The summed E-state index contributed by atoms with van der Waals surface area (Å²) in [6.45, 7) is 8.09. The molecule has 208 valence electrons. The number of hydrogen-bond acceptors (Lipinski definition) is 7. The Balaban J connectivity index is 1.79. The number of ether oxygens (including phenoxy) is 1. The third-order valence-electron chi connectivity index (χ3n) is 6.48. The highest BCUT2D eigenvalue weighted by molar-refractivity contribution is 6.34. The van der Waals surface area contributed by atoms with Crippen LogP contribution in [0.25, 0.3) is 22.3 Å². The number of likely N-dealkylation sites (N-methyl/N-ethyl adjacent to an activating group) is 1. The molecule has 3 aromatic rings. The van der Waals surface area contributed by atoms with Gasteiger partial charge in [-0.2, -0.15) is 0 Å². The standard InChI is InChI=1S/C29H35ClFN5O3/c1-19(2)39-26-14-21(13-25(30)28(26)36(18-37)12-11-34(3)4)24-17-22(31)16-23(29(24)38)20-5-6-33-27(15-20)35-9-7-32-8-10-35/h5-6,13-19,32,38H,7-12H2,1-4H3. The number of rotatable bonds is 10. The lowest BCUT2D eigenvalue weighted by Crippen LogP contribution is -2.43. The van der Waals surface area contributed by atoms with E-state index in [4.69, 9.17) is 16.3 Å². The van der Waals surface area contributed by atoms with Gasteiger partial charge in [0.2, 0.25) is 6.41 Å². The first kappa shape index (κ1) is 28.6. The maximum Gasteiger partial charge on any atom is 0.214 e. The zero-order valence-electron chi connectivity index (χ0n) is 22.7. The Morgan fingerprint density at radius 2 is 1.82 bits per heavy atom. The van der Waals surface area contributed by atoms with Crippen LogP contribution in [0.5, 0.6) is 11.5 Å². The summed E-state index contributed by atoms with van der Waals surface area (Å²) in [4.78, 5) is 22.1. The normalized spacial score (nSPS) is 13.7. The summed E-state index contributed by atoms with van der Waals surface area (Å²) in [6.07, 6.45) is 2.17. The Kier molecular flexibility index (Phi) is 9.27. The average Bonchev–Trinajstić information content (AvgIpc) is 2.91. The lowest BCUT2D eigenvalue weighted by Gasteiger charge is -2.28. The van der Waals surface area contributed by atoms with Gasteiger partial charge in [0, 0.05) is 56.6 Å². The van der Waals surface area contributed by atoms with Gasteiger partial charge in [0.15, 0.2) is 0 Å². The van der Waals surface area contributed by atoms with E-state index in [2.05, 4.69) is 15.2 Å². The van der Waals surface area contributed by atoms with E-state index in [1.807, 2.05) is 38.9 Å². The Morgan fingerprint density at radius 3 is 2.46 bits per heavy atom. The van der Waals surface area contributed by atoms with Crippen molar-refractivity contribution >= 4 is 29.5 Å². The number of aromatic hydroxyl groups is 1. The monoisotopic (exact) mass is 555 g/mol. The van der Waals surface area contributed by atoms with Gasteiger partial charge in [-0.25, -0.2) is 9.37 Å². The Labute approximate surface area is 234 Å². The minimum absolute atomic E-state index is 0.0898. The van der Waals surface area contributed by atoms with Gasteiger partial charge in [0.1, 0.15) is 28.8 Å². The number of halogens is 2. The number of piperazine rings is 1. The van der Waals surface area contributed by atoms with E-state index in [0.717, 1.165) is 38.4 Å². The van der Waals surface area contributed by atoms with Crippen LogP contribution in [-0.4, -0.2) is 80.9 Å². The summed E-state index contributed by atoms with van der Waals surface area (Å²) in [5.41, 5.74) is 2.15. The molecule has 2 aromatic carbocycles. The maximum atomic E-state index is 15.0. The molecule has 0 unspecified atom stereocenters. The third-order valence-corrected chi connectivity index (χ3v) is 6.76. The molecule has 0 atom stereocenters. The van der Waals surface area contributed by atoms with Crippen LogP contribution in [0.2, 0.25) is 5.02 Å². The molecule has 1 amide bonds. The molecule has 1 aromatic heterocycles. The number of nitrogens with one attached hydrogen (secondary N) is 1. The molecule has 4 rings (SSSR count). The van der Waals surface area contributed by atoms with E-state index in [1.54, 1.807) is 24.4 Å². The first-order valence-electron chi connectivity index (χ1n) is 13.0. The maximum absolute atomic E-state index is 15.0. The van der Waals surface area contributed by atoms with E-state index in [9.17, 15) is 9.90 Å². The van der Waals surface area contributed by atoms with Crippen molar-refractivity contribution in [1.29, 1.82) is 0 Å². The zero-order chi connectivity index (χ0) is 28.1. The summed E-state index contributed by atoms with van der Waals surface area (Å²) in [5, 5.41) is 15.0. The highest BCUT2D eigenvalue weighted by Gasteiger charge is 2.22. The number of phenols is 1. The summed E-state index contributed by atoms with van der Waals surface area (Å²) in [7, 11) is 3.83. The number of hydrogen-bond donors (Lipinski definition) is 2. The van der Waals surface area contributed by atoms with Crippen molar-refractivity contribution in [3.8, 4) is 33.8 Å². The van der Waals surface area contributed by atoms with Crippen molar-refractivity contribution in [2.75, 3.05) is 63.2 Å². The first-order valence-corrected chi connectivity index (χ1v) is 13.4. The van der Waals surface area contributed by atoms with Crippen LogP contribution in [-0.2, 0) is 4.79 Å². The van der Waals surface area contributed by atoms with Gasteiger partial charge >= 0.3 is 0 Å². The SMILES string of the molecule is CC(C)Oc1cc(-c2cc(F)cc(-c3ccnc(N4CCNCC4)c3)c2O)cc(Cl)c1N(C=O)CCN(C)C. The zero-order valence-corrected chi connectivity index (χ0v) is 23.5. The van der Waals surface area contributed by atoms with Crippen LogP contribution in [0.3, 0.4) is 0 Å². The lowest BCUT2D eigenvalue weighted by atomic mass is 9.96. The molecular weight excluding hydrogens is 521 g/mol. The summed E-state index contributed by atoms with van der Waals surface area (Å²) >= 11 is 6.72. The summed E-state index contributed by atoms with van der Waals surface area (Å²) in [6, 6.07) is 9.50. The number of pyridine rings is 1. The van der Waals surface area contributed by atoms with Crippen LogP contribution in [0, 0.1) is 5.82 Å². The fourth-order valence-corrected chi connectivity index (χ4v) is 4.89. The molecule has 2 heterocycles. The van der Waals surface area contributed by atoms with Crippen molar-refractivity contribution in [1.82, 2.24) is 15.2 Å². The number of nitrogens with zero attached hydrogens (tertiary/aromatic N) is 4. The second-order valence-electron chi connectivity index (χ2n) is 10.1. The van der Waals surface area contributed by atoms with Gasteiger partial charge in [0.25, 0.3) is 0 Å². The number of amides is 1. The number of benzene rings is 2. The number of anilines is 2. The molecule has 0 bridgehead atoms. The van der Waals surface area contributed by atoms with E-state index < -0.39 is 5.82 Å². The third kappa shape index (κ3) is 6.79.